The van der Waals surface area contributed by atoms with Crippen LogP contribution in [0.15, 0.2) is 16.7 Å². The van der Waals surface area contributed by atoms with Crippen LogP contribution >= 0.6 is 27.5 Å². The molecule has 0 saturated carbocycles. The molecule has 1 aromatic rings. The molecule has 0 aromatic carbocycles. The SMILES string of the molecule is Cc1cc(Br)cnc1N1CCC(CCl)C1. The van der Waals surface area contributed by atoms with E-state index in [1.807, 2.05) is 6.20 Å². The third kappa shape index (κ3) is 2.45. The lowest BCUT2D eigenvalue weighted by Gasteiger charge is -2.19. The summed E-state index contributed by atoms with van der Waals surface area (Å²) in [5.74, 6) is 2.48. The van der Waals surface area contributed by atoms with E-state index in [2.05, 4.69) is 38.8 Å². The fourth-order valence-corrected chi connectivity index (χ4v) is 2.71. The molecule has 1 atom stereocenters. The summed E-state index contributed by atoms with van der Waals surface area (Å²) >= 11 is 9.30. The second kappa shape index (κ2) is 4.71. The molecular formula is C11H14BrClN2. The summed E-state index contributed by atoms with van der Waals surface area (Å²) < 4.78 is 1.04. The van der Waals surface area contributed by atoms with Crippen molar-refractivity contribution in [3.8, 4) is 0 Å². The van der Waals surface area contributed by atoms with Crippen molar-refractivity contribution in [3.63, 3.8) is 0 Å². The van der Waals surface area contributed by atoms with Crippen LogP contribution in [0.3, 0.4) is 0 Å². The number of nitrogens with zero attached hydrogens (tertiary/aromatic N) is 2. The Bertz CT molecular complexity index is 356. The Morgan fingerprint density at radius 2 is 2.47 bits per heavy atom. The number of pyridine rings is 1. The van der Waals surface area contributed by atoms with Crippen molar-refractivity contribution < 1.29 is 0 Å². The first-order valence-corrected chi connectivity index (χ1v) is 6.46. The summed E-state index contributed by atoms with van der Waals surface area (Å²) in [5, 5.41) is 0. The Labute approximate surface area is 104 Å². The summed E-state index contributed by atoms with van der Waals surface area (Å²) in [6.45, 7) is 4.22. The van der Waals surface area contributed by atoms with Crippen LogP contribution in [-0.4, -0.2) is 24.0 Å². The zero-order valence-electron chi connectivity index (χ0n) is 8.71. The minimum atomic E-state index is 0.622. The molecule has 15 heavy (non-hydrogen) atoms. The van der Waals surface area contributed by atoms with Gasteiger partial charge in [-0.1, -0.05) is 0 Å². The summed E-state index contributed by atoms with van der Waals surface area (Å²) in [5.41, 5.74) is 1.22. The normalized spacial score (nSPS) is 21.0. The molecule has 82 valence electrons. The molecule has 0 N–H and O–H groups in total. The molecule has 1 aromatic heterocycles. The zero-order chi connectivity index (χ0) is 10.8. The van der Waals surface area contributed by atoms with Gasteiger partial charge in [-0.25, -0.2) is 4.98 Å². The van der Waals surface area contributed by atoms with Gasteiger partial charge in [0.25, 0.3) is 0 Å². The van der Waals surface area contributed by atoms with Gasteiger partial charge in [0, 0.05) is 29.6 Å². The largest absolute Gasteiger partial charge is 0.356 e. The first-order valence-electron chi connectivity index (χ1n) is 5.13. The van der Waals surface area contributed by atoms with Gasteiger partial charge in [-0.3, -0.25) is 0 Å². The van der Waals surface area contributed by atoms with Crippen LogP contribution in [0.4, 0.5) is 5.82 Å². The monoisotopic (exact) mass is 288 g/mol. The molecule has 1 aliphatic heterocycles. The van der Waals surface area contributed by atoms with Gasteiger partial charge in [-0.05, 0) is 46.8 Å². The van der Waals surface area contributed by atoms with Crippen LogP contribution in [0.2, 0.25) is 0 Å². The Kier molecular flexibility index (Phi) is 3.52. The number of aromatic nitrogens is 1. The van der Waals surface area contributed by atoms with E-state index in [1.54, 1.807) is 0 Å². The molecule has 0 aliphatic carbocycles. The zero-order valence-corrected chi connectivity index (χ0v) is 11.1. The third-order valence-corrected chi connectivity index (χ3v) is 3.69. The van der Waals surface area contributed by atoms with E-state index in [1.165, 1.54) is 12.0 Å². The summed E-state index contributed by atoms with van der Waals surface area (Å²) in [4.78, 5) is 6.79. The third-order valence-electron chi connectivity index (χ3n) is 2.82. The highest BCUT2D eigenvalue weighted by molar-refractivity contribution is 9.10. The molecule has 1 unspecified atom stereocenters. The van der Waals surface area contributed by atoms with Crippen LogP contribution in [0.1, 0.15) is 12.0 Å². The average molecular weight is 290 g/mol. The van der Waals surface area contributed by atoms with E-state index >= 15 is 0 Å². The highest BCUT2D eigenvalue weighted by atomic mass is 79.9. The Morgan fingerprint density at radius 1 is 1.67 bits per heavy atom. The standard InChI is InChI=1S/C11H14BrClN2/c1-8-4-10(12)6-14-11(8)15-3-2-9(5-13)7-15/h4,6,9H,2-3,5,7H2,1H3. The van der Waals surface area contributed by atoms with Crippen molar-refractivity contribution in [1.82, 2.24) is 4.98 Å². The maximum absolute atomic E-state index is 5.87. The lowest BCUT2D eigenvalue weighted by Crippen LogP contribution is -2.22. The van der Waals surface area contributed by atoms with Crippen molar-refractivity contribution in [2.24, 2.45) is 5.92 Å². The topological polar surface area (TPSA) is 16.1 Å². The van der Waals surface area contributed by atoms with Gasteiger partial charge in [0.2, 0.25) is 0 Å². The van der Waals surface area contributed by atoms with Crippen LogP contribution < -0.4 is 4.90 Å². The minimum absolute atomic E-state index is 0.622. The lowest BCUT2D eigenvalue weighted by molar-refractivity contribution is 0.666. The molecule has 0 bridgehead atoms. The van der Waals surface area contributed by atoms with Crippen molar-refractivity contribution >= 4 is 33.3 Å². The highest BCUT2D eigenvalue weighted by Gasteiger charge is 2.23. The Hall–Kier alpha value is -0.280. The van der Waals surface area contributed by atoms with Gasteiger partial charge < -0.3 is 4.90 Å². The molecular weight excluding hydrogens is 275 g/mol. The van der Waals surface area contributed by atoms with Gasteiger partial charge >= 0.3 is 0 Å². The maximum atomic E-state index is 5.87. The van der Waals surface area contributed by atoms with E-state index in [0.29, 0.717) is 5.92 Å². The Balaban J connectivity index is 2.17. The van der Waals surface area contributed by atoms with Crippen molar-refractivity contribution in [2.45, 2.75) is 13.3 Å². The lowest BCUT2D eigenvalue weighted by atomic mass is 10.2. The van der Waals surface area contributed by atoms with Crippen LogP contribution in [0.25, 0.3) is 0 Å². The average Bonchev–Trinajstić information content (AvgIpc) is 2.66. The van der Waals surface area contributed by atoms with Crippen LogP contribution in [-0.2, 0) is 0 Å². The molecule has 1 aliphatic rings. The predicted octanol–water partition coefficient (Wildman–Crippen LogP) is 3.22. The van der Waals surface area contributed by atoms with Gasteiger partial charge in [0.15, 0.2) is 0 Å². The quantitative estimate of drug-likeness (QED) is 0.777. The van der Waals surface area contributed by atoms with Crippen molar-refractivity contribution in [1.29, 1.82) is 0 Å². The van der Waals surface area contributed by atoms with Crippen LogP contribution in [0.5, 0.6) is 0 Å². The van der Waals surface area contributed by atoms with E-state index in [-0.39, 0.29) is 0 Å². The molecule has 0 radical (unpaired) electrons. The number of anilines is 1. The molecule has 4 heteroatoms. The summed E-state index contributed by atoms with van der Waals surface area (Å²) in [6.07, 6.45) is 3.04. The van der Waals surface area contributed by atoms with E-state index < -0.39 is 0 Å². The second-order valence-electron chi connectivity index (χ2n) is 4.05. The molecule has 2 nitrogen and oxygen atoms in total. The number of rotatable bonds is 2. The first kappa shape index (κ1) is 11.2. The van der Waals surface area contributed by atoms with Crippen molar-refractivity contribution in [2.75, 3.05) is 23.9 Å². The van der Waals surface area contributed by atoms with E-state index in [9.17, 15) is 0 Å². The van der Waals surface area contributed by atoms with Gasteiger partial charge in [-0.15, -0.1) is 11.6 Å². The molecule has 1 saturated heterocycles. The summed E-state index contributed by atoms with van der Waals surface area (Å²) in [6, 6.07) is 2.11. The van der Waals surface area contributed by atoms with Gasteiger partial charge in [-0.2, -0.15) is 0 Å². The number of hydrogen-bond donors (Lipinski definition) is 0. The van der Waals surface area contributed by atoms with Crippen molar-refractivity contribution in [3.05, 3.63) is 22.3 Å². The van der Waals surface area contributed by atoms with Crippen LogP contribution in [0, 0.1) is 12.8 Å². The molecule has 2 rings (SSSR count). The first-order chi connectivity index (χ1) is 7.20. The smallest absolute Gasteiger partial charge is 0.131 e. The molecule has 0 spiro atoms. The van der Waals surface area contributed by atoms with Gasteiger partial charge in [0.1, 0.15) is 5.82 Å². The van der Waals surface area contributed by atoms with E-state index in [0.717, 1.165) is 29.3 Å². The molecule has 1 fully saturated rings. The number of halogens is 2. The summed E-state index contributed by atoms with van der Waals surface area (Å²) in [7, 11) is 0. The fraction of sp³-hybridized carbons (Fsp3) is 0.545. The Morgan fingerprint density at radius 3 is 3.07 bits per heavy atom. The number of hydrogen-bond acceptors (Lipinski definition) is 2. The highest BCUT2D eigenvalue weighted by Crippen LogP contribution is 2.26. The number of aryl methyl sites for hydroxylation is 1. The van der Waals surface area contributed by atoms with Gasteiger partial charge in [0.05, 0.1) is 0 Å². The fourth-order valence-electron chi connectivity index (χ4n) is 2.02. The number of alkyl halides is 1. The molecule has 0 amide bonds. The minimum Gasteiger partial charge on any atom is -0.356 e. The van der Waals surface area contributed by atoms with E-state index in [4.69, 9.17) is 11.6 Å². The predicted molar refractivity (Wildman–Crippen MR) is 67.7 cm³/mol. The second-order valence-corrected chi connectivity index (χ2v) is 5.27. The molecule has 2 heterocycles. The maximum Gasteiger partial charge on any atom is 0.131 e.